The van der Waals surface area contributed by atoms with E-state index in [-0.39, 0.29) is 0 Å². The van der Waals surface area contributed by atoms with Crippen LogP contribution >= 0.6 is 15.9 Å². The van der Waals surface area contributed by atoms with E-state index < -0.39 is 0 Å². The Kier molecular flexibility index (Phi) is 3.81. The maximum Gasteiger partial charge on any atom is 0.0635 e. The van der Waals surface area contributed by atoms with Crippen molar-refractivity contribution in [3.05, 3.63) is 16.4 Å². The zero-order chi connectivity index (χ0) is 10.7. The van der Waals surface area contributed by atoms with Gasteiger partial charge in [-0.05, 0) is 48.0 Å². The van der Waals surface area contributed by atoms with Crippen molar-refractivity contribution < 1.29 is 4.74 Å². The molecule has 0 aromatic carbocycles. The molecule has 0 radical (unpaired) electrons. The minimum Gasteiger partial charge on any atom is -0.381 e. The predicted molar refractivity (Wildman–Crippen MR) is 62.8 cm³/mol. The summed E-state index contributed by atoms with van der Waals surface area (Å²) in [5.41, 5.74) is 1.34. The van der Waals surface area contributed by atoms with Crippen LogP contribution < -0.4 is 0 Å². The van der Waals surface area contributed by atoms with Gasteiger partial charge in [-0.25, -0.2) is 0 Å². The summed E-state index contributed by atoms with van der Waals surface area (Å²) in [4.78, 5) is 0. The third-order valence-corrected chi connectivity index (χ3v) is 3.68. The van der Waals surface area contributed by atoms with Gasteiger partial charge in [0.1, 0.15) is 0 Å². The molecular weight excluding hydrogens is 256 g/mol. The summed E-state index contributed by atoms with van der Waals surface area (Å²) in [5, 5.41) is 4.34. The van der Waals surface area contributed by atoms with Gasteiger partial charge in [-0.15, -0.1) is 0 Å². The first-order valence-corrected chi connectivity index (χ1v) is 6.38. The van der Waals surface area contributed by atoms with Crippen LogP contribution in [0.4, 0.5) is 0 Å². The Morgan fingerprint density at radius 2 is 2.27 bits per heavy atom. The number of aryl methyl sites for hydroxylation is 1. The number of nitrogens with zero attached hydrogens (tertiary/aromatic N) is 2. The van der Waals surface area contributed by atoms with Crippen LogP contribution in [-0.2, 0) is 17.7 Å². The lowest BCUT2D eigenvalue weighted by molar-refractivity contribution is 0.0659. The van der Waals surface area contributed by atoms with Crippen molar-refractivity contribution in [1.82, 2.24) is 9.78 Å². The maximum atomic E-state index is 5.37. The van der Waals surface area contributed by atoms with Crippen LogP contribution in [0.15, 0.2) is 10.7 Å². The van der Waals surface area contributed by atoms with Crippen molar-refractivity contribution in [3.8, 4) is 0 Å². The zero-order valence-corrected chi connectivity index (χ0v) is 10.7. The summed E-state index contributed by atoms with van der Waals surface area (Å²) in [6.07, 6.45) is 5.39. The SMILES string of the molecule is CCn1ncc(Br)c1CC1CCOCC1. The van der Waals surface area contributed by atoms with Crippen molar-refractivity contribution in [1.29, 1.82) is 0 Å². The van der Waals surface area contributed by atoms with Gasteiger partial charge in [0, 0.05) is 19.8 Å². The van der Waals surface area contributed by atoms with E-state index in [0.717, 1.165) is 36.6 Å². The molecule has 1 aliphatic heterocycles. The molecule has 0 amide bonds. The highest BCUT2D eigenvalue weighted by atomic mass is 79.9. The van der Waals surface area contributed by atoms with Crippen molar-refractivity contribution in [2.45, 2.75) is 32.7 Å². The number of aromatic nitrogens is 2. The van der Waals surface area contributed by atoms with Crippen molar-refractivity contribution >= 4 is 15.9 Å². The molecule has 0 aliphatic carbocycles. The molecule has 0 N–H and O–H groups in total. The first-order chi connectivity index (χ1) is 7.31. The van der Waals surface area contributed by atoms with Crippen LogP contribution in [0, 0.1) is 5.92 Å². The van der Waals surface area contributed by atoms with Crippen LogP contribution in [0.25, 0.3) is 0 Å². The lowest BCUT2D eigenvalue weighted by Crippen LogP contribution is -2.19. The van der Waals surface area contributed by atoms with Crippen LogP contribution in [0.1, 0.15) is 25.5 Å². The minimum absolute atomic E-state index is 0.761. The minimum atomic E-state index is 0.761. The Morgan fingerprint density at radius 1 is 1.53 bits per heavy atom. The van der Waals surface area contributed by atoms with Crippen molar-refractivity contribution in [2.75, 3.05) is 13.2 Å². The van der Waals surface area contributed by atoms with Gasteiger partial charge < -0.3 is 4.74 Å². The normalized spacial score (nSPS) is 18.3. The first kappa shape index (κ1) is 11.1. The van der Waals surface area contributed by atoms with Crippen LogP contribution in [0.2, 0.25) is 0 Å². The summed E-state index contributed by atoms with van der Waals surface area (Å²) in [6, 6.07) is 0. The molecule has 1 aromatic heterocycles. The zero-order valence-electron chi connectivity index (χ0n) is 9.08. The van der Waals surface area contributed by atoms with E-state index in [2.05, 4.69) is 32.6 Å². The van der Waals surface area contributed by atoms with Crippen LogP contribution in [-0.4, -0.2) is 23.0 Å². The third-order valence-electron chi connectivity index (χ3n) is 3.02. The largest absolute Gasteiger partial charge is 0.381 e. The van der Waals surface area contributed by atoms with Gasteiger partial charge in [-0.1, -0.05) is 0 Å². The van der Waals surface area contributed by atoms with E-state index in [0.29, 0.717) is 0 Å². The van der Waals surface area contributed by atoms with E-state index in [1.54, 1.807) is 0 Å². The molecule has 1 aromatic rings. The summed E-state index contributed by atoms with van der Waals surface area (Å²) in [5.74, 6) is 0.761. The molecule has 4 heteroatoms. The van der Waals surface area contributed by atoms with E-state index in [1.165, 1.54) is 18.5 Å². The van der Waals surface area contributed by atoms with Gasteiger partial charge in [-0.3, -0.25) is 4.68 Å². The average molecular weight is 273 g/mol. The Hall–Kier alpha value is -0.350. The van der Waals surface area contributed by atoms with E-state index >= 15 is 0 Å². The molecule has 1 fully saturated rings. The molecule has 0 unspecified atom stereocenters. The lowest BCUT2D eigenvalue weighted by Gasteiger charge is -2.22. The van der Waals surface area contributed by atoms with Gasteiger partial charge in [0.2, 0.25) is 0 Å². The van der Waals surface area contributed by atoms with Gasteiger partial charge in [-0.2, -0.15) is 5.10 Å². The smallest absolute Gasteiger partial charge is 0.0635 e. The molecule has 0 spiro atoms. The average Bonchev–Trinajstić information content (AvgIpc) is 2.62. The number of halogens is 1. The maximum absolute atomic E-state index is 5.37. The highest BCUT2D eigenvalue weighted by Crippen LogP contribution is 2.24. The second-order valence-corrected chi connectivity index (χ2v) is 4.87. The molecule has 0 atom stereocenters. The molecule has 2 heterocycles. The standard InChI is InChI=1S/C11H17BrN2O/c1-2-14-11(10(12)8-13-14)7-9-3-5-15-6-4-9/h8-9H,2-7H2,1H3. The second-order valence-electron chi connectivity index (χ2n) is 4.01. The van der Waals surface area contributed by atoms with Crippen molar-refractivity contribution in [3.63, 3.8) is 0 Å². The topological polar surface area (TPSA) is 27.1 Å². The fourth-order valence-electron chi connectivity index (χ4n) is 2.09. The van der Waals surface area contributed by atoms with Gasteiger partial charge in [0.15, 0.2) is 0 Å². The number of rotatable bonds is 3. The summed E-state index contributed by atoms with van der Waals surface area (Å²) >= 11 is 3.57. The van der Waals surface area contributed by atoms with Gasteiger partial charge >= 0.3 is 0 Å². The summed E-state index contributed by atoms with van der Waals surface area (Å²) in [6.45, 7) is 4.92. The van der Waals surface area contributed by atoms with E-state index in [9.17, 15) is 0 Å². The van der Waals surface area contributed by atoms with E-state index in [1.807, 2.05) is 6.20 Å². The van der Waals surface area contributed by atoms with Crippen LogP contribution in [0.5, 0.6) is 0 Å². The number of ether oxygens (including phenoxy) is 1. The highest BCUT2D eigenvalue weighted by Gasteiger charge is 2.18. The van der Waals surface area contributed by atoms with Gasteiger partial charge in [0.05, 0.1) is 16.4 Å². The third kappa shape index (κ3) is 2.61. The molecular formula is C11H17BrN2O. The first-order valence-electron chi connectivity index (χ1n) is 5.59. The second kappa shape index (κ2) is 5.12. The molecule has 2 rings (SSSR count). The van der Waals surface area contributed by atoms with Crippen LogP contribution in [0.3, 0.4) is 0 Å². The number of hydrogen-bond acceptors (Lipinski definition) is 2. The Balaban J connectivity index is 2.04. The summed E-state index contributed by atoms with van der Waals surface area (Å²) < 4.78 is 8.60. The van der Waals surface area contributed by atoms with E-state index in [4.69, 9.17) is 4.74 Å². The monoisotopic (exact) mass is 272 g/mol. The fourth-order valence-corrected chi connectivity index (χ4v) is 2.55. The lowest BCUT2D eigenvalue weighted by atomic mass is 9.95. The molecule has 1 saturated heterocycles. The Morgan fingerprint density at radius 3 is 2.93 bits per heavy atom. The molecule has 1 aliphatic rings. The Bertz CT molecular complexity index is 318. The van der Waals surface area contributed by atoms with Crippen molar-refractivity contribution in [2.24, 2.45) is 5.92 Å². The Labute approximate surface area is 98.9 Å². The quantitative estimate of drug-likeness (QED) is 0.846. The molecule has 15 heavy (non-hydrogen) atoms. The molecule has 84 valence electrons. The predicted octanol–water partition coefficient (Wildman–Crippen LogP) is 2.63. The number of hydrogen-bond donors (Lipinski definition) is 0. The molecule has 0 bridgehead atoms. The fraction of sp³-hybridized carbons (Fsp3) is 0.727. The summed E-state index contributed by atoms with van der Waals surface area (Å²) in [7, 11) is 0. The van der Waals surface area contributed by atoms with Gasteiger partial charge in [0.25, 0.3) is 0 Å². The molecule has 3 nitrogen and oxygen atoms in total. The highest BCUT2D eigenvalue weighted by molar-refractivity contribution is 9.10. The molecule has 0 saturated carbocycles.